The van der Waals surface area contributed by atoms with Crippen LogP contribution >= 0.6 is 0 Å². The highest BCUT2D eigenvalue weighted by Gasteiger charge is 1.99. The number of rotatable bonds is 5. The second-order valence-corrected chi connectivity index (χ2v) is 2.28. The molecule has 0 aliphatic rings. The van der Waals surface area contributed by atoms with Gasteiger partial charge in [0.15, 0.2) is 0 Å². The van der Waals surface area contributed by atoms with Crippen LogP contribution in [0.25, 0.3) is 0 Å². The molecule has 2 nitrogen and oxygen atoms in total. The van der Waals surface area contributed by atoms with Gasteiger partial charge in [-0.25, -0.2) is 0 Å². The summed E-state index contributed by atoms with van der Waals surface area (Å²) < 4.78 is 4.86. The molecule has 0 aromatic carbocycles. The zero-order chi connectivity index (χ0) is 7.82. The van der Waals surface area contributed by atoms with E-state index in [1.165, 1.54) is 0 Å². The first kappa shape index (κ1) is 9.48. The van der Waals surface area contributed by atoms with Gasteiger partial charge in [-0.3, -0.25) is 0 Å². The summed E-state index contributed by atoms with van der Waals surface area (Å²) in [5.41, 5.74) is 5.67. The summed E-state index contributed by atoms with van der Waals surface area (Å²) in [6.07, 6.45) is 7.64. The standard InChI is InChI=1S/C8H15NO/c1-3-4-5-8(9)6-7-10-2/h1,8H,4-7,9H2,2H3. The Labute approximate surface area is 62.7 Å². The van der Waals surface area contributed by atoms with E-state index in [-0.39, 0.29) is 6.04 Å². The Bertz CT molecular complexity index is 106. The van der Waals surface area contributed by atoms with Crippen LogP contribution in [-0.4, -0.2) is 19.8 Å². The molecule has 10 heavy (non-hydrogen) atoms. The first-order valence-corrected chi connectivity index (χ1v) is 3.49. The van der Waals surface area contributed by atoms with E-state index in [0.717, 1.165) is 25.9 Å². The number of methoxy groups -OCH3 is 1. The number of terminal acetylenes is 1. The van der Waals surface area contributed by atoms with Crippen LogP contribution < -0.4 is 5.73 Å². The molecule has 2 N–H and O–H groups in total. The highest BCUT2D eigenvalue weighted by atomic mass is 16.5. The zero-order valence-corrected chi connectivity index (χ0v) is 6.47. The topological polar surface area (TPSA) is 35.2 Å². The van der Waals surface area contributed by atoms with Gasteiger partial charge in [-0.15, -0.1) is 12.3 Å². The van der Waals surface area contributed by atoms with E-state index in [1.807, 2.05) is 0 Å². The van der Waals surface area contributed by atoms with Crippen molar-refractivity contribution in [1.82, 2.24) is 0 Å². The third-order valence-electron chi connectivity index (χ3n) is 1.35. The van der Waals surface area contributed by atoms with Gasteiger partial charge >= 0.3 is 0 Å². The maximum Gasteiger partial charge on any atom is 0.0477 e. The predicted molar refractivity (Wildman–Crippen MR) is 42.5 cm³/mol. The Balaban J connectivity index is 3.10. The lowest BCUT2D eigenvalue weighted by Gasteiger charge is -2.07. The van der Waals surface area contributed by atoms with Crippen molar-refractivity contribution in [3.63, 3.8) is 0 Å². The minimum Gasteiger partial charge on any atom is -0.385 e. The van der Waals surface area contributed by atoms with Gasteiger partial charge in [0.2, 0.25) is 0 Å². The SMILES string of the molecule is C#CCCC(N)CCOC. The molecule has 0 fully saturated rings. The third-order valence-corrected chi connectivity index (χ3v) is 1.35. The lowest BCUT2D eigenvalue weighted by atomic mass is 10.1. The molecule has 58 valence electrons. The maximum atomic E-state index is 5.67. The fourth-order valence-electron chi connectivity index (χ4n) is 0.682. The van der Waals surface area contributed by atoms with Crippen molar-refractivity contribution >= 4 is 0 Å². The molecular formula is C8H15NO. The Morgan fingerprint density at radius 1 is 1.60 bits per heavy atom. The van der Waals surface area contributed by atoms with Gasteiger partial charge in [0, 0.05) is 26.2 Å². The molecule has 0 aliphatic heterocycles. The largest absolute Gasteiger partial charge is 0.385 e. The van der Waals surface area contributed by atoms with Crippen LogP contribution in [0.3, 0.4) is 0 Å². The molecule has 0 aliphatic carbocycles. The first-order chi connectivity index (χ1) is 4.81. The summed E-state index contributed by atoms with van der Waals surface area (Å²) in [6.45, 7) is 0.728. The highest BCUT2D eigenvalue weighted by Crippen LogP contribution is 1.97. The van der Waals surface area contributed by atoms with Crippen LogP contribution in [-0.2, 0) is 4.74 Å². The van der Waals surface area contributed by atoms with Gasteiger partial charge in [0.1, 0.15) is 0 Å². The lowest BCUT2D eigenvalue weighted by molar-refractivity contribution is 0.187. The summed E-state index contributed by atoms with van der Waals surface area (Å²) >= 11 is 0. The minimum absolute atomic E-state index is 0.205. The zero-order valence-electron chi connectivity index (χ0n) is 6.47. The molecule has 0 aromatic heterocycles. The van der Waals surface area contributed by atoms with Crippen molar-refractivity contribution < 1.29 is 4.74 Å². The molecule has 0 heterocycles. The van der Waals surface area contributed by atoms with Crippen LogP contribution in [0.1, 0.15) is 19.3 Å². The molecule has 0 aromatic rings. The van der Waals surface area contributed by atoms with E-state index in [0.29, 0.717) is 0 Å². The van der Waals surface area contributed by atoms with Crippen molar-refractivity contribution in [2.45, 2.75) is 25.3 Å². The van der Waals surface area contributed by atoms with Gasteiger partial charge in [-0.2, -0.15) is 0 Å². The van der Waals surface area contributed by atoms with E-state index < -0.39 is 0 Å². The normalized spacial score (nSPS) is 12.5. The van der Waals surface area contributed by atoms with Crippen LogP contribution in [0, 0.1) is 12.3 Å². The van der Waals surface area contributed by atoms with Gasteiger partial charge in [0.25, 0.3) is 0 Å². The van der Waals surface area contributed by atoms with E-state index >= 15 is 0 Å². The van der Waals surface area contributed by atoms with Gasteiger partial charge < -0.3 is 10.5 Å². The van der Waals surface area contributed by atoms with Crippen molar-refractivity contribution in [1.29, 1.82) is 0 Å². The summed E-state index contributed by atoms with van der Waals surface area (Å²) in [6, 6.07) is 0.205. The number of nitrogens with two attached hydrogens (primary N) is 1. The molecule has 0 bridgehead atoms. The molecule has 1 unspecified atom stereocenters. The molecule has 0 saturated heterocycles. The van der Waals surface area contributed by atoms with Crippen molar-refractivity contribution in [3.8, 4) is 12.3 Å². The molecule has 0 rings (SSSR count). The fraction of sp³-hybridized carbons (Fsp3) is 0.750. The van der Waals surface area contributed by atoms with Crippen LogP contribution in [0.2, 0.25) is 0 Å². The van der Waals surface area contributed by atoms with Crippen molar-refractivity contribution in [3.05, 3.63) is 0 Å². The average molecular weight is 141 g/mol. The molecule has 0 amide bonds. The third kappa shape index (κ3) is 5.61. The molecule has 0 spiro atoms. The van der Waals surface area contributed by atoms with Crippen LogP contribution in [0.5, 0.6) is 0 Å². The summed E-state index contributed by atoms with van der Waals surface area (Å²) in [5.74, 6) is 2.55. The van der Waals surface area contributed by atoms with Crippen LogP contribution in [0.15, 0.2) is 0 Å². The smallest absolute Gasteiger partial charge is 0.0477 e. The fourth-order valence-corrected chi connectivity index (χ4v) is 0.682. The predicted octanol–water partition coefficient (Wildman–Crippen LogP) is 0.764. The van der Waals surface area contributed by atoms with Crippen molar-refractivity contribution in [2.75, 3.05) is 13.7 Å². The second kappa shape index (κ2) is 6.60. The summed E-state index contributed by atoms with van der Waals surface area (Å²) in [5, 5.41) is 0. The van der Waals surface area contributed by atoms with E-state index in [9.17, 15) is 0 Å². The lowest BCUT2D eigenvalue weighted by Crippen LogP contribution is -2.21. The first-order valence-electron chi connectivity index (χ1n) is 3.49. The summed E-state index contributed by atoms with van der Waals surface area (Å²) in [7, 11) is 1.67. The Kier molecular flexibility index (Phi) is 6.25. The van der Waals surface area contributed by atoms with Crippen LogP contribution in [0.4, 0.5) is 0 Å². The quantitative estimate of drug-likeness (QED) is 0.574. The number of hydrogen-bond donors (Lipinski definition) is 1. The molecule has 0 radical (unpaired) electrons. The monoisotopic (exact) mass is 141 g/mol. The van der Waals surface area contributed by atoms with Gasteiger partial charge in [-0.1, -0.05) is 0 Å². The Hall–Kier alpha value is -0.520. The molecular weight excluding hydrogens is 126 g/mol. The molecule has 0 saturated carbocycles. The summed E-state index contributed by atoms with van der Waals surface area (Å²) in [4.78, 5) is 0. The molecule has 1 atom stereocenters. The van der Waals surface area contributed by atoms with E-state index in [1.54, 1.807) is 7.11 Å². The minimum atomic E-state index is 0.205. The highest BCUT2D eigenvalue weighted by molar-refractivity contribution is 4.84. The number of hydrogen-bond acceptors (Lipinski definition) is 2. The maximum absolute atomic E-state index is 5.67. The van der Waals surface area contributed by atoms with E-state index in [4.69, 9.17) is 16.9 Å². The second-order valence-electron chi connectivity index (χ2n) is 2.28. The van der Waals surface area contributed by atoms with Crippen molar-refractivity contribution in [2.24, 2.45) is 5.73 Å². The van der Waals surface area contributed by atoms with E-state index in [2.05, 4.69) is 5.92 Å². The Morgan fingerprint density at radius 3 is 2.80 bits per heavy atom. The average Bonchev–Trinajstić information content (AvgIpc) is 1.97. The number of ether oxygens (including phenoxy) is 1. The Morgan fingerprint density at radius 2 is 2.30 bits per heavy atom. The van der Waals surface area contributed by atoms with Gasteiger partial charge in [-0.05, 0) is 12.8 Å². The van der Waals surface area contributed by atoms with Gasteiger partial charge in [0.05, 0.1) is 0 Å². The molecule has 2 heteroatoms.